The van der Waals surface area contributed by atoms with Crippen LogP contribution in [-0.2, 0) is 24.1 Å². The van der Waals surface area contributed by atoms with Gasteiger partial charge in [0.05, 0.1) is 6.42 Å². The Morgan fingerprint density at radius 1 is 1.00 bits per heavy atom. The lowest BCUT2D eigenvalue weighted by atomic mass is 10.0. The summed E-state index contributed by atoms with van der Waals surface area (Å²) >= 11 is 0. The Balaban J connectivity index is 1.09. The second-order valence-corrected chi connectivity index (χ2v) is 9.04. The fraction of sp³-hybridized carbons (Fsp3) is 0.346. The first-order valence-electron chi connectivity index (χ1n) is 11.2. The summed E-state index contributed by atoms with van der Waals surface area (Å²) in [5.41, 5.74) is 5.22. The van der Waals surface area contributed by atoms with E-state index in [9.17, 15) is 9.18 Å². The molecule has 0 bridgehead atoms. The SMILES string of the molecule is O=C1Cc2cc(CCN3CCN(C4Cc5cccc6cccc4c56)CC3)c(F)cc2N1. The third kappa shape index (κ3) is 3.33. The molecule has 0 saturated carbocycles. The first-order chi connectivity index (χ1) is 15.2. The molecule has 1 saturated heterocycles. The van der Waals surface area contributed by atoms with Gasteiger partial charge in [-0.1, -0.05) is 42.5 Å². The van der Waals surface area contributed by atoms with Gasteiger partial charge in [0.25, 0.3) is 0 Å². The number of halogens is 1. The van der Waals surface area contributed by atoms with Crippen molar-refractivity contribution in [2.75, 3.05) is 38.0 Å². The van der Waals surface area contributed by atoms with E-state index in [4.69, 9.17) is 0 Å². The summed E-state index contributed by atoms with van der Waals surface area (Å²) in [5.74, 6) is -0.260. The molecule has 3 aromatic rings. The number of hydrogen-bond donors (Lipinski definition) is 1. The smallest absolute Gasteiger partial charge is 0.228 e. The number of carbonyl (C=O) groups excluding carboxylic acids is 1. The van der Waals surface area contributed by atoms with Crippen LogP contribution in [0.1, 0.15) is 28.3 Å². The number of fused-ring (bicyclic) bond motifs is 1. The van der Waals surface area contributed by atoms with E-state index in [1.165, 1.54) is 28.0 Å². The van der Waals surface area contributed by atoms with Crippen molar-refractivity contribution < 1.29 is 9.18 Å². The van der Waals surface area contributed by atoms with E-state index in [1.54, 1.807) is 0 Å². The van der Waals surface area contributed by atoms with Crippen molar-refractivity contribution in [3.8, 4) is 0 Å². The average molecular weight is 416 g/mol. The van der Waals surface area contributed by atoms with Gasteiger partial charge in [0.1, 0.15) is 5.82 Å². The van der Waals surface area contributed by atoms with Crippen molar-refractivity contribution in [2.45, 2.75) is 25.3 Å². The highest BCUT2D eigenvalue weighted by Crippen LogP contribution is 2.40. The maximum atomic E-state index is 14.5. The Morgan fingerprint density at radius 2 is 1.81 bits per heavy atom. The summed E-state index contributed by atoms with van der Waals surface area (Å²) in [4.78, 5) is 16.6. The number of piperazine rings is 1. The summed E-state index contributed by atoms with van der Waals surface area (Å²) in [7, 11) is 0. The molecule has 1 amide bonds. The van der Waals surface area contributed by atoms with Gasteiger partial charge in [-0.05, 0) is 51.9 Å². The van der Waals surface area contributed by atoms with Crippen LogP contribution >= 0.6 is 0 Å². The number of rotatable bonds is 4. The minimum absolute atomic E-state index is 0.0487. The van der Waals surface area contributed by atoms with Gasteiger partial charge in [0.15, 0.2) is 0 Å². The van der Waals surface area contributed by atoms with Crippen LogP contribution in [0.3, 0.4) is 0 Å². The zero-order chi connectivity index (χ0) is 20.9. The van der Waals surface area contributed by atoms with Crippen molar-refractivity contribution in [1.29, 1.82) is 0 Å². The average Bonchev–Trinajstić information content (AvgIpc) is 3.33. The van der Waals surface area contributed by atoms with Crippen molar-refractivity contribution in [3.05, 3.63) is 76.6 Å². The molecule has 1 N–H and O–H groups in total. The Hall–Kier alpha value is -2.76. The normalized spacial score (nSPS) is 20.9. The van der Waals surface area contributed by atoms with Crippen LogP contribution in [0.2, 0.25) is 0 Å². The van der Waals surface area contributed by atoms with E-state index in [0.717, 1.165) is 50.3 Å². The molecule has 3 aromatic carbocycles. The molecule has 0 aromatic heterocycles. The standard InChI is InChI=1S/C26H26FN3O/c27-22-16-23-20(15-25(31)28-23)13-18(22)7-8-29-9-11-30(12-10-29)24-14-19-5-1-3-17-4-2-6-21(24)26(17)19/h1-6,13,16,24H,7-12,14-15H2,(H,28,31). The van der Waals surface area contributed by atoms with Crippen LogP contribution < -0.4 is 5.32 Å². The van der Waals surface area contributed by atoms with Gasteiger partial charge in [-0.15, -0.1) is 0 Å². The topological polar surface area (TPSA) is 35.6 Å². The summed E-state index contributed by atoms with van der Waals surface area (Å²) in [6.07, 6.45) is 2.14. The number of anilines is 1. The minimum atomic E-state index is -0.212. The third-order valence-electron chi connectivity index (χ3n) is 7.24. The van der Waals surface area contributed by atoms with E-state index in [1.807, 2.05) is 6.07 Å². The van der Waals surface area contributed by atoms with Gasteiger partial charge in [0.2, 0.25) is 5.91 Å². The lowest BCUT2D eigenvalue weighted by molar-refractivity contribution is -0.115. The molecule has 1 fully saturated rings. The first kappa shape index (κ1) is 19.0. The van der Waals surface area contributed by atoms with Gasteiger partial charge < -0.3 is 10.2 Å². The van der Waals surface area contributed by atoms with Crippen LogP contribution in [0.5, 0.6) is 0 Å². The van der Waals surface area contributed by atoms with E-state index >= 15 is 0 Å². The molecule has 31 heavy (non-hydrogen) atoms. The summed E-state index contributed by atoms with van der Waals surface area (Å²) in [6.45, 7) is 4.95. The monoisotopic (exact) mass is 415 g/mol. The quantitative estimate of drug-likeness (QED) is 0.701. The maximum absolute atomic E-state index is 14.5. The Bertz CT molecular complexity index is 1180. The van der Waals surface area contributed by atoms with Gasteiger partial charge >= 0.3 is 0 Å². The van der Waals surface area contributed by atoms with E-state index in [-0.39, 0.29) is 11.7 Å². The predicted molar refractivity (Wildman–Crippen MR) is 121 cm³/mol. The van der Waals surface area contributed by atoms with Gasteiger partial charge in [-0.3, -0.25) is 9.69 Å². The van der Waals surface area contributed by atoms with Gasteiger partial charge in [0, 0.05) is 44.5 Å². The molecule has 2 heterocycles. The first-order valence-corrected chi connectivity index (χ1v) is 11.2. The maximum Gasteiger partial charge on any atom is 0.228 e. The molecule has 4 nitrogen and oxygen atoms in total. The predicted octanol–water partition coefficient (Wildman–Crippen LogP) is 3.93. The molecular weight excluding hydrogens is 389 g/mol. The zero-order valence-corrected chi connectivity index (χ0v) is 17.5. The number of hydrogen-bond acceptors (Lipinski definition) is 3. The van der Waals surface area contributed by atoms with E-state index < -0.39 is 0 Å². The largest absolute Gasteiger partial charge is 0.325 e. The van der Waals surface area contributed by atoms with Crippen molar-refractivity contribution in [3.63, 3.8) is 0 Å². The van der Waals surface area contributed by atoms with Crippen LogP contribution in [0.25, 0.3) is 10.8 Å². The highest BCUT2D eigenvalue weighted by molar-refractivity contribution is 5.99. The number of nitrogens with zero attached hydrogens (tertiary/aromatic N) is 2. The third-order valence-corrected chi connectivity index (χ3v) is 7.24. The second kappa shape index (κ2) is 7.43. The lowest BCUT2D eigenvalue weighted by Crippen LogP contribution is -2.48. The van der Waals surface area contributed by atoms with Crippen LogP contribution in [0.15, 0.2) is 48.5 Å². The highest BCUT2D eigenvalue weighted by atomic mass is 19.1. The number of carbonyl (C=O) groups is 1. The summed E-state index contributed by atoms with van der Waals surface area (Å²) in [5, 5.41) is 5.53. The van der Waals surface area contributed by atoms with Crippen LogP contribution in [0.4, 0.5) is 10.1 Å². The highest BCUT2D eigenvalue weighted by Gasteiger charge is 2.31. The molecule has 5 heteroatoms. The molecule has 1 aliphatic carbocycles. The molecule has 2 aliphatic heterocycles. The molecule has 158 valence electrons. The Kier molecular flexibility index (Phi) is 4.55. The molecule has 0 spiro atoms. The molecular formula is C26H26FN3O. The zero-order valence-electron chi connectivity index (χ0n) is 17.5. The fourth-order valence-corrected chi connectivity index (χ4v) is 5.61. The number of benzene rings is 3. The van der Waals surface area contributed by atoms with Gasteiger partial charge in [-0.25, -0.2) is 4.39 Å². The van der Waals surface area contributed by atoms with Crippen LogP contribution in [-0.4, -0.2) is 48.4 Å². The Morgan fingerprint density at radius 3 is 2.65 bits per heavy atom. The second-order valence-electron chi connectivity index (χ2n) is 9.04. The Labute approximate surface area is 181 Å². The molecule has 1 atom stereocenters. The lowest BCUT2D eigenvalue weighted by Gasteiger charge is -2.38. The van der Waals surface area contributed by atoms with Crippen molar-refractivity contribution >= 4 is 22.4 Å². The molecule has 6 rings (SSSR count). The van der Waals surface area contributed by atoms with Crippen molar-refractivity contribution in [2.24, 2.45) is 0 Å². The van der Waals surface area contributed by atoms with Crippen LogP contribution in [0, 0.1) is 5.82 Å². The molecule has 1 unspecified atom stereocenters. The fourth-order valence-electron chi connectivity index (χ4n) is 5.61. The summed E-state index contributed by atoms with van der Waals surface area (Å²) < 4.78 is 14.5. The summed E-state index contributed by atoms with van der Waals surface area (Å²) in [6, 6.07) is 17.2. The number of amides is 1. The van der Waals surface area contributed by atoms with E-state index in [2.05, 4.69) is 51.5 Å². The van der Waals surface area contributed by atoms with Crippen molar-refractivity contribution in [1.82, 2.24) is 9.80 Å². The molecule has 3 aliphatic rings. The number of nitrogens with one attached hydrogen (secondary N) is 1. The van der Waals surface area contributed by atoms with Gasteiger partial charge in [-0.2, -0.15) is 0 Å². The van der Waals surface area contributed by atoms with E-state index in [0.29, 0.717) is 24.6 Å². The minimum Gasteiger partial charge on any atom is -0.325 e. The molecule has 0 radical (unpaired) electrons.